The number of aromatic nitrogens is 1. The van der Waals surface area contributed by atoms with E-state index < -0.39 is 9.84 Å². The zero-order valence-corrected chi connectivity index (χ0v) is 19.9. The molecule has 2 aromatic rings. The number of aryl methyl sites for hydroxylation is 2. The molecular weight excluding hydrogens is 491 g/mol. The smallest absolute Gasteiger partial charge is 0.191 e. The van der Waals surface area contributed by atoms with Crippen LogP contribution in [0.5, 0.6) is 0 Å². The first-order valence-corrected chi connectivity index (χ1v) is 11.1. The first-order valence-electron chi connectivity index (χ1n) is 9.16. The molecule has 156 valence electrons. The number of hydrogen-bond donors (Lipinski definition) is 2. The standard InChI is InChI=1S/C19H28N4O3S.HI/c1-5-17-16(18(6-2)26-23-17)13-22-19(20-7-3)21-12-14-8-10-15(11-9-14)27(4,24)25;/h8-11H,5-7,12-13H2,1-4H3,(H2,20,21,22);1H. The third-order valence-electron chi connectivity index (χ3n) is 4.16. The van der Waals surface area contributed by atoms with Crippen LogP contribution < -0.4 is 10.6 Å². The van der Waals surface area contributed by atoms with Gasteiger partial charge in [0, 0.05) is 31.3 Å². The molecule has 0 saturated heterocycles. The number of guanidine groups is 1. The van der Waals surface area contributed by atoms with Gasteiger partial charge in [0.25, 0.3) is 0 Å². The molecule has 2 rings (SSSR count). The van der Waals surface area contributed by atoms with Crippen LogP contribution >= 0.6 is 24.0 Å². The summed E-state index contributed by atoms with van der Waals surface area (Å²) in [5.41, 5.74) is 2.99. The van der Waals surface area contributed by atoms with E-state index in [1.165, 1.54) is 6.26 Å². The van der Waals surface area contributed by atoms with Crippen LogP contribution in [-0.2, 0) is 35.8 Å². The number of benzene rings is 1. The van der Waals surface area contributed by atoms with Gasteiger partial charge in [0.1, 0.15) is 5.76 Å². The van der Waals surface area contributed by atoms with E-state index >= 15 is 0 Å². The van der Waals surface area contributed by atoms with Crippen LogP contribution in [0.3, 0.4) is 0 Å². The number of nitrogens with one attached hydrogen (secondary N) is 2. The van der Waals surface area contributed by atoms with E-state index in [0.717, 1.165) is 42.0 Å². The summed E-state index contributed by atoms with van der Waals surface area (Å²) in [4.78, 5) is 4.89. The zero-order chi connectivity index (χ0) is 19.9. The van der Waals surface area contributed by atoms with E-state index in [2.05, 4.69) is 27.7 Å². The third-order valence-corrected chi connectivity index (χ3v) is 5.28. The van der Waals surface area contributed by atoms with Gasteiger partial charge in [-0.05, 0) is 31.0 Å². The summed E-state index contributed by atoms with van der Waals surface area (Å²) >= 11 is 0. The van der Waals surface area contributed by atoms with Crippen molar-refractivity contribution in [2.45, 2.75) is 51.6 Å². The molecule has 0 unspecified atom stereocenters. The zero-order valence-electron chi connectivity index (χ0n) is 16.8. The van der Waals surface area contributed by atoms with Crippen LogP contribution in [0.4, 0.5) is 0 Å². The van der Waals surface area contributed by atoms with Gasteiger partial charge >= 0.3 is 0 Å². The van der Waals surface area contributed by atoms with Crippen molar-refractivity contribution in [3.63, 3.8) is 0 Å². The van der Waals surface area contributed by atoms with Gasteiger partial charge in [0.05, 0.1) is 17.1 Å². The summed E-state index contributed by atoms with van der Waals surface area (Å²) < 4.78 is 28.5. The molecular formula is C19H29IN4O3S. The van der Waals surface area contributed by atoms with Crippen molar-refractivity contribution in [2.75, 3.05) is 12.8 Å². The van der Waals surface area contributed by atoms with Crippen LogP contribution in [0, 0.1) is 0 Å². The molecule has 0 radical (unpaired) electrons. The predicted molar refractivity (Wildman–Crippen MR) is 122 cm³/mol. The molecule has 0 bridgehead atoms. The highest BCUT2D eigenvalue weighted by Gasteiger charge is 2.13. The Morgan fingerprint density at radius 3 is 2.32 bits per heavy atom. The molecule has 1 aromatic heterocycles. The van der Waals surface area contributed by atoms with Gasteiger partial charge in [-0.2, -0.15) is 0 Å². The Balaban J connectivity index is 0.00000392. The molecule has 1 aromatic carbocycles. The summed E-state index contributed by atoms with van der Waals surface area (Å²) in [6.07, 6.45) is 2.82. The minimum Gasteiger partial charge on any atom is -0.361 e. The minimum absolute atomic E-state index is 0. The Bertz CT molecular complexity index is 856. The first-order chi connectivity index (χ1) is 12.9. The highest BCUT2D eigenvalue weighted by Crippen LogP contribution is 2.15. The van der Waals surface area contributed by atoms with Gasteiger partial charge in [-0.1, -0.05) is 31.1 Å². The van der Waals surface area contributed by atoms with Crippen molar-refractivity contribution in [3.8, 4) is 0 Å². The highest BCUT2D eigenvalue weighted by molar-refractivity contribution is 14.0. The Labute approximate surface area is 184 Å². The van der Waals surface area contributed by atoms with Crippen molar-refractivity contribution < 1.29 is 12.9 Å². The van der Waals surface area contributed by atoms with Crippen molar-refractivity contribution in [3.05, 3.63) is 46.8 Å². The average Bonchev–Trinajstić information content (AvgIpc) is 3.05. The number of rotatable bonds is 8. The van der Waals surface area contributed by atoms with Crippen molar-refractivity contribution in [1.29, 1.82) is 0 Å². The quantitative estimate of drug-likeness (QED) is 0.316. The molecule has 9 heteroatoms. The van der Waals surface area contributed by atoms with Gasteiger partial charge in [-0.3, -0.25) is 0 Å². The monoisotopic (exact) mass is 520 g/mol. The Hall–Kier alpha value is -1.62. The topological polar surface area (TPSA) is 96.6 Å². The number of aliphatic imine (C=N–C) groups is 1. The third kappa shape index (κ3) is 6.77. The Kier molecular flexibility index (Phi) is 9.94. The molecule has 0 aliphatic heterocycles. The van der Waals surface area contributed by atoms with E-state index in [0.29, 0.717) is 23.9 Å². The van der Waals surface area contributed by atoms with Crippen LogP contribution in [0.1, 0.15) is 43.4 Å². The second-order valence-electron chi connectivity index (χ2n) is 6.20. The summed E-state index contributed by atoms with van der Waals surface area (Å²) in [6, 6.07) is 6.79. The maximum atomic E-state index is 11.5. The normalized spacial score (nSPS) is 11.8. The van der Waals surface area contributed by atoms with E-state index in [-0.39, 0.29) is 24.0 Å². The van der Waals surface area contributed by atoms with Crippen molar-refractivity contribution >= 4 is 39.8 Å². The SMILES string of the molecule is CCNC(=NCc1ccc(S(C)(=O)=O)cc1)NCc1c(CC)noc1CC.I. The van der Waals surface area contributed by atoms with Crippen molar-refractivity contribution in [1.82, 2.24) is 15.8 Å². The Morgan fingerprint density at radius 2 is 1.79 bits per heavy atom. The second-order valence-corrected chi connectivity index (χ2v) is 8.22. The number of sulfone groups is 1. The summed E-state index contributed by atoms with van der Waals surface area (Å²) in [5, 5.41) is 10.7. The molecule has 0 atom stereocenters. The Morgan fingerprint density at radius 1 is 1.11 bits per heavy atom. The maximum Gasteiger partial charge on any atom is 0.191 e. The minimum atomic E-state index is -3.18. The second kappa shape index (κ2) is 11.4. The molecule has 0 fully saturated rings. The average molecular weight is 520 g/mol. The summed E-state index contributed by atoms with van der Waals surface area (Å²) in [7, 11) is -3.18. The molecule has 2 N–H and O–H groups in total. The molecule has 1 heterocycles. The first kappa shape index (κ1) is 24.4. The molecule has 7 nitrogen and oxygen atoms in total. The fraction of sp³-hybridized carbons (Fsp3) is 0.474. The fourth-order valence-electron chi connectivity index (χ4n) is 2.66. The predicted octanol–water partition coefficient (Wildman–Crippen LogP) is 3.08. The van der Waals surface area contributed by atoms with E-state index in [4.69, 9.17) is 4.52 Å². The van der Waals surface area contributed by atoms with Crippen molar-refractivity contribution in [2.24, 2.45) is 4.99 Å². The molecule has 0 aliphatic carbocycles. The molecule has 0 saturated carbocycles. The van der Waals surface area contributed by atoms with Gasteiger partial charge < -0.3 is 15.2 Å². The van der Waals surface area contributed by atoms with E-state index in [9.17, 15) is 8.42 Å². The number of nitrogens with zero attached hydrogens (tertiary/aromatic N) is 2. The summed E-state index contributed by atoms with van der Waals surface area (Å²) in [6.45, 7) is 7.89. The van der Waals surface area contributed by atoms with E-state index in [1.807, 2.05) is 13.8 Å². The number of halogens is 1. The maximum absolute atomic E-state index is 11.5. The largest absolute Gasteiger partial charge is 0.361 e. The lowest BCUT2D eigenvalue weighted by Gasteiger charge is -2.12. The van der Waals surface area contributed by atoms with Gasteiger partial charge in [0.15, 0.2) is 15.8 Å². The molecule has 28 heavy (non-hydrogen) atoms. The van der Waals surface area contributed by atoms with E-state index in [1.54, 1.807) is 24.3 Å². The highest BCUT2D eigenvalue weighted by atomic mass is 127. The lowest BCUT2D eigenvalue weighted by Crippen LogP contribution is -2.37. The molecule has 0 amide bonds. The van der Waals surface area contributed by atoms with Gasteiger partial charge in [-0.25, -0.2) is 13.4 Å². The lowest BCUT2D eigenvalue weighted by atomic mass is 10.1. The molecule has 0 aliphatic rings. The number of hydrogen-bond acceptors (Lipinski definition) is 5. The summed E-state index contributed by atoms with van der Waals surface area (Å²) in [5.74, 6) is 1.58. The van der Waals surface area contributed by atoms with Crippen LogP contribution in [0.15, 0.2) is 38.7 Å². The fourth-order valence-corrected chi connectivity index (χ4v) is 3.29. The van der Waals surface area contributed by atoms with Gasteiger partial charge in [0.2, 0.25) is 0 Å². The molecule has 0 spiro atoms. The van der Waals surface area contributed by atoms with Crippen LogP contribution in [0.2, 0.25) is 0 Å². The lowest BCUT2D eigenvalue weighted by molar-refractivity contribution is 0.380. The van der Waals surface area contributed by atoms with Gasteiger partial charge in [-0.15, -0.1) is 24.0 Å². The van der Waals surface area contributed by atoms with Crippen LogP contribution in [-0.4, -0.2) is 32.3 Å². The van der Waals surface area contributed by atoms with Crippen LogP contribution in [0.25, 0.3) is 0 Å².